The quantitative estimate of drug-likeness (QED) is 0.171. The Balaban J connectivity index is 0.000000180. The first-order chi connectivity index (χ1) is 21.6. The molecule has 1 saturated heterocycles. The molecule has 6 rings (SSSR count). The second-order valence-corrected chi connectivity index (χ2v) is 11.1. The Morgan fingerprint density at radius 3 is 2.20 bits per heavy atom. The molecule has 1 aliphatic heterocycles. The molecule has 0 aliphatic carbocycles. The third-order valence-corrected chi connectivity index (χ3v) is 7.79. The maximum atomic E-state index is 11.8. The summed E-state index contributed by atoms with van der Waals surface area (Å²) in [6.07, 6.45) is 1.08. The molecule has 4 atom stereocenters. The molecule has 2 heterocycles. The summed E-state index contributed by atoms with van der Waals surface area (Å²) in [5.41, 5.74) is -0.250. The van der Waals surface area contributed by atoms with Crippen molar-refractivity contribution in [3.05, 3.63) is 93.3 Å². The summed E-state index contributed by atoms with van der Waals surface area (Å²) in [7, 11) is 0. The van der Waals surface area contributed by atoms with Crippen molar-refractivity contribution in [3.8, 4) is 0 Å². The van der Waals surface area contributed by atoms with Crippen LogP contribution in [-0.4, -0.2) is 49.8 Å². The predicted octanol–water partition coefficient (Wildman–Crippen LogP) is 4.98. The van der Waals surface area contributed by atoms with Gasteiger partial charge in [0, 0.05) is 25.6 Å². The first kappa shape index (κ1) is 33.5. The number of ketones is 1. The average Bonchev–Trinajstić information content (AvgIpc) is 3.42. The smallest absolute Gasteiger partial charge is 0.330 e. The Bertz CT molecular complexity index is 1880. The van der Waals surface area contributed by atoms with Gasteiger partial charge >= 0.3 is 11.7 Å². The van der Waals surface area contributed by atoms with Crippen LogP contribution in [0, 0.1) is 0 Å². The zero-order valence-corrected chi connectivity index (χ0v) is 26.0. The zero-order valence-electron chi connectivity index (χ0n) is 26.0. The Morgan fingerprint density at radius 1 is 0.978 bits per heavy atom. The molecule has 10 heteroatoms. The van der Waals surface area contributed by atoms with Gasteiger partial charge in [0.05, 0.1) is 6.61 Å². The fourth-order valence-corrected chi connectivity index (χ4v) is 5.65. The van der Waals surface area contributed by atoms with Crippen LogP contribution in [0.5, 0.6) is 0 Å². The summed E-state index contributed by atoms with van der Waals surface area (Å²) in [4.78, 5) is 47.4. The van der Waals surface area contributed by atoms with E-state index in [0.717, 1.165) is 16.2 Å². The van der Waals surface area contributed by atoms with E-state index in [1.165, 1.54) is 71.6 Å². The standard InChI is InChI=1S/C17H12O.C13H16N2O7.C5H12/c18-10-14-9-13-5-1-3-11-7-8-12-4-2-6-15(14)17(12)16(11)13;1-6(16)11(19)12-8(21-7(2)17)5-10(22-12)15-4-3-9(18)14-13(15)20;1-3-5-4-2/h1-9,18H,10H2;3-4,8,10-12,19H,5H2,1-2H3,(H,14,18,20);3-5H2,1-2H3/t;8-,10+,11?,12-;/m.0./s1. The molecular formula is C35H40N2O8. The van der Waals surface area contributed by atoms with Crippen molar-refractivity contribution in [2.24, 2.45) is 0 Å². The first-order valence-corrected chi connectivity index (χ1v) is 15.2. The van der Waals surface area contributed by atoms with Gasteiger partial charge in [0.1, 0.15) is 24.5 Å². The molecule has 10 nitrogen and oxygen atoms in total. The highest BCUT2D eigenvalue weighted by Crippen LogP contribution is 2.36. The number of unbranched alkanes of at least 4 members (excludes halogenated alkanes) is 2. The maximum absolute atomic E-state index is 11.8. The molecule has 4 aromatic carbocycles. The molecule has 1 aliphatic rings. The third-order valence-electron chi connectivity index (χ3n) is 7.79. The van der Waals surface area contributed by atoms with Crippen LogP contribution in [0.25, 0.3) is 32.3 Å². The van der Waals surface area contributed by atoms with E-state index < -0.39 is 47.5 Å². The van der Waals surface area contributed by atoms with Crippen LogP contribution in [0.3, 0.4) is 0 Å². The summed E-state index contributed by atoms with van der Waals surface area (Å²) in [5, 5.41) is 26.9. The number of hydrogen-bond donors (Lipinski definition) is 3. The van der Waals surface area contributed by atoms with Crippen molar-refractivity contribution < 1.29 is 29.3 Å². The second kappa shape index (κ2) is 15.1. The second-order valence-electron chi connectivity index (χ2n) is 11.1. The number of nitrogens with one attached hydrogen (secondary N) is 1. The van der Waals surface area contributed by atoms with E-state index in [2.05, 4.69) is 73.4 Å². The van der Waals surface area contributed by atoms with Crippen molar-refractivity contribution in [1.82, 2.24) is 9.55 Å². The Kier molecular flexibility index (Phi) is 11.2. The third kappa shape index (κ3) is 7.65. The number of aliphatic hydroxyl groups is 2. The van der Waals surface area contributed by atoms with Crippen LogP contribution in [0.2, 0.25) is 0 Å². The number of benzene rings is 4. The molecule has 0 amide bonds. The van der Waals surface area contributed by atoms with Crippen molar-refractivity contribution in [2.75, 3.05) is 0 Å². The number of rotatable bonds is 7. The average molecular weight is 617 g/mol. The van der Waals surface area contributed by atoms with Crippen molar-refractivity contribution in [1.29, 1.82) is 0 Å². The van der Waals surface area contributed by atoms with E-state index >= 15 is 0 Å². The number of esters is 1. The number of carbonyl (C=O) groups excluding carboxylic acids is 2. The van der Waals surface area contributed by atoms with Crippen molar-refractivity contribution in [2.45, 2.75) is 84.5 Å². The number of hydrogen-bond acceptors (Lipinski definition) is 8. The van der Waals surface area contributed by atoms with Gasteiger partial charge in [0.25, 0.3) is 5.56 Å². The van der Waals surface area contributed by atoms with E-state index in [1.54, 1.807) is 0 Å². The van der Waals surface area contributed by atoms with Crippen LogP contribution >= 0.6 is 0 Å². The Labute approximate surface area is 260 Å². The lowest BCUT2D eigenvalue weighted by Gasteiger charge is -2.21. The molecule has 0 spiro atoms. The van der Waals surface area contributed by atoms with E-state index in [1.807, 2.05) is 0 Å². The highest BCUT2D eigenvalue weighted by molar-refractivity contribution is 6.23. The number of aromatic amines is 1. The Hall–Kier alpha value is -4.38. The van der Waals surface area contributed by atoms with Crippen LogP contribution in [0.15, 0.2) is 76.4 Å². The first-order valence-electron chi connectivity index (χ1n) is 15.2. The largest absolute Gasteiger partial charge is 0.459 e. The van der Waals surface area contributed by atoms with Gasteiger partial charge in [0.2, 0.25) is 0 Å². The number of H-pyrrole nitrogens is 1. The van der Waals surface area contributed by atoms with Crippen LogP contribution < -0.4 is 11.2 Å². The van der Waals surface area contributed by atoms with Gasteiger partial charge in [0.15, 0.2) is 5.78 Å². The normalized spacial score (nSPS) is 18.2. The van der Waals surface area contributed by atoms with Crippen LogP contribution in [-0.2, 0) is 25.7 Å². The summed E-state index contributed by atoms with van der Waals surface area (Å²) in [6.45, 7) is 6.88. The summed E-state index contributed by atoms with van der Waals surface area (Å²) in [5.74, 6) is -1.14. The molecule has 1 aromatic heterocycles. The molecule has 238 valence electrons. The van der Waals surface area contributed by atoms with Gasteiger partial charge in [-0.25, -0.2) is 4.79 Å². The molecule has 1 unspecified atom stereocenters. The zero-order chi connectivity index (χ0) is 32.7. The lowest BCUT2D eigenvalue weighted by atomic mass is 9.91. The van der Waals surface area contributed by atoms with E-state index in [-0.39, 0.29) is 13.0 Å². The minimum absolute atomic E-state index is 0.0700. The molecule has 3 N–H and O–H groups in total. The van der Waals surface area contributed by atoms with Gasteiger partial charge in [-0.1, -0.05) is 81.6 Å². The number of aromatic nitrogens is 2. The van der Waals surface area contributed by atoms with Crippen molar-refractivity contribution >= 4 is 44.1 Å². The highest BCUT2D eigenvalue weighted by atomic mass is 16.6. The molecular weight excluding hydrogens is 576 g/mol. The number of carbonyl (C=O) groups is 2. The molecule has 5 aromatic rings. The van der Waals surface area contributed by atoms with Crippen LogP contribution in [0.4, 0.5) is 0 Å². The molecule has 0 saturated carbocycles. The minimum Gasteiger partial charge on any atom is -0.459 e. The molecule has 1 fully saturated rings. The molecule has 0 radical (unpaired) electrons. The maximum Gasteiger partial charge on any atom is 0.330 e. The van der Waals surface area contributed by atoms with Gasteiger partial charge < -0.3 is 19.7 Å². The molecule has 0 bridgehead atoms. The van der Waals surface area contributed by atoms with Crippen molar-refractivity contribution in [3.63, 3.8) is 0 Å². The number of aliphatic hydroxyl groups excluding tert-OH is 2. The van der Waals surface area contributed by atoms with Crippen LogP contribution in [0.1, 0.15) is 65.2 Å². The fraction of sp³-hybridized carbons (Fsp3) is 0.371. The lowest BCUT2D eigenvalue weighted by Crippen LogP contribution is -2.41. The van der Waals surface area contributed by atoms with E-state index in [4.69, 9.17) is 9.47 Å². The minimum atomic E-state index is -1.48. The van der Waals surface area contributed by atoms with Gasteiger partial charge in [-0.05, 0) is 50.9 Å². The van der Waals surface area contributed by atoms with E-state index in [0.29, 0.717) is 0 Å². The topological polar surface area (TPSA) is 148 Å². The van der Waals surface area contributed by atoms with Gasteiger partial charge in [-0.3, -0.25) is 23.9 Å². The number of ether oxygens (including phenoxy) is 2. The van der Waals surface area contributed by atoms with Gasteiger partial charge in [-0.15, -0.1) is 0 Å². The van der Waals surface area contributed by atoms with Gasteiger partial charge in [-0.2, -0.15) is 0 Å². The summed E-state index contributed by atoms with van der Waals surface area (Å²) in [6, 6.07) is 20.2. The van der Waals surface area contributed by atoms with E-state index in [9.17, 15) is 29.4 Å². The molecule has 45 heavy (non-hydrogen) atoms. The predicted molar refractivity (Wildman–Crippen MR) is 173 cm³/mol. The SMILES string of the molecule is CC(=O)O[C@H]1C[C@H](n2ccc(=O)[nH]c2=O)O[C@@H]1C(O)C(C)=O.CCCCC.OCc1cc2cccc3ccc4cccc1c4c32. The Morgan fingerprint density at radius 2 is 1.62 bits per heavy atom. The number of nitrogens with zero attached hydrogens (tertiary/aromatic N) is 1. The summed E-state index contributed by atoms with van der Waals surface area (Å²) < 4.78 is 11.6. The number of Topliss-reactive ketones (excluding diaryl/α,β-unsaturated/α-hetero) is 1. The monoisotopic (exact) mass is 616 g/mol. The summed E-state index contributed by atoms with van der Waals surface area (Å²) >= 11 is 0. The highest BCUT2D eigenvalue weighted by Gasteiger charge is 2.44. The lowest BCUT2D eigenvalue weighted by molar-refractivity contribution is -0.157. The fourth-order valence-electron chi connectivity index (χ4n) is 5.65.